The normalized spacial score (nSPS) is 11.5. The van der Waals surface area contributed by atoms with Gasteiger partial charge in [-0.1, -0.05) is 0 Å². The third-order valence-corrected chi connectivity index (χ3v) is 5.33. The van der Waals surface area contributed by atoms with Crippen molar-refractivity contribution >= 4 is 0 Å². The zero-order valence-electron chi connectivity index (χ0n) is 18.9. The van der Waals surface area contributed by atoms with Crippen molar-refractivity contribution in [2.75, 3.05) is 41.3 Å². The van der Waals surface area contributed by atoms with Gasteiger partial charge in [0.25, 0.3) is 0 Å². The lowest BCUT2D eigenvalue weighted by atomic mass is 10.1. The van der Waals surface area contributed by atoms with Crippen LogP contribution in [0.3, 0.4) is 0 Å². The maximum absolute atomic E-state index is 9.67. The Bertz CT molecular complexity index is 762. The molecule has 0 saturated heterocycles. The Balaban J connectivity index is 0.00000450. The van der Waals surface area contributed by atoms with Crippen LogP contribution in [0.15, 0.2) is 36.4 Å². The molecule has 176 valence electrons. The molecular weight excluding hydrogens is 528 g/mol. The van der Waals surface area contributed by atoms with E-state index in [0.29, 0.717) is 0 Å². The predicted molar refractivity (Wildman–Crippen MR) is 115 cm³/mol. The summed E-state index contributed by atoms with van der Waals surface area (Å²) >= 11 is 0. The molecule has 6 nitrogen and oxygen atoms in total. The van der Waals surface area contributed by atoms with Crippen LogP contribution in [0.25, 0.3) is 0 Å². The van der Waals surface area contributed by atoms with Gasteiger partial charge in [-0.15, -0.1) is 0 Å². The number of unbranched alkanes of at least 4 members (excludes halogenated alkanes) is 2. The van der Waals surface area contributed by atoms with Crippen LogP contribution in [0.1, 0.15) is 30.4 Å². The zero-order valence-corrected chi connectivity index (χ0v) is 22.0. The quantitative estimate of drug-likeness (QED) is 0.147. The van der Waals surface area contributed by atoms with E-state index in [1.165, 1.54) is 0 Å². The average molecular weight is 564 g/mol. The molecule has 0 radical (unpaired) electrons. The minimum atomic E-state index is -0.0812. The van der Waals surface area contributed by atoms with Crippen molar-refractivity contribution in [2.45, 2.75) is 32.4 Å². The van der Waals surface area contributed by atoms with Crippen LogP contribution in [0.4, 0.5) is 0 Å². The number of aromatic hydroxyl groups is 4. The highest BCUT2D eigenvalue weighted by Gasteiger charge is 2.19. The van der Waals surface area contributed by atoms with E-state index in [1.807, 2.05) is 12.1 Å². The van der Waals surface area contributed by atoms with Crippen LogP contribution in [-0.4, -0.2) is 70.7 Å². The molecule has 4 N–H and O–H groups in total. The summed E-state index contributed by atoms with van der Waals surface area (Å²) in [6, 6.07) is 10.1. The molecule has 0 atom stereocenters. The van der Waals surface area contributed by atoms with Crippen LogP contribution < -0.4 is 34.0 Å². The lowest BCUT2D eigenvalue weighted by molar-refractivity contribution is -0.905. The van der Waals surface area contributed by atoms with Gasteiger partial charge in [0.05, 0.1) is 41.3 Å². The first-order valence-electron chi connectivity index (χ1n) is 10.1. The fraction of sp³-hybridized carbons (Fsp3) is 0.478. The summed E-state index contributed by atoms with van der Waals surface area (Å²) in [5.41, 5.74) is 2.03. The number of rotatable bonds is 10. The van der Waals surface area contributed by atoms with Crippen molar-refractivity contribution in [1.82, 2.24) is 0 Å². The summed E-state index contributed by atoms with van der Waals surface area (Å²) in [5, 5.41) is 38.2. The number of nitrogens with zero attached hydrogens (tertiary/aromatic N) is 2. The van der Waals surface area contributed by atoms with Crippen molar-refractivity contribution in [3.05, 3.63) is 47.5 Å². The number of phenolic OH excluding ortho intramolecular Hbond substituents is 4. The monoisotopic (exact) mass is 562 g/mol. The highest BCUT2D eigenvalue weighted by atomic mass is 79.9. The highest BCUT2D eigenvalue weighted by Crippen LogP contribution is 2.27. The second-order valence-corrected chi connectivity index (χ2v) is 9.34. The smallest absolute Gasteiger partial charge is 0.157 e. The van der Waals surface area contributed by atoms with Crippen molar-refractivity contribution in [3.8, 4) is 23.0 Å². The Morgan fingerprint density at radius 2 is 0.903 bits per heavy atom. The fourth-order valence-corrected chi connectivity index (χ4v) is 3.74. The molecule has 0 fully saturated rings. The number of quaternary nitrogens is 2. The van der Waals surface area contributed by atoms with E-state index in [0.717, 1.165) is 65.5 Å². The van der Waals surface area contributed by atoms with Gasteiger partial charge in [0, 0.05) is 11.1 Å². The van der Waals surface area contributed by atoms with Gasteiger partial charge in [-0.25, -0.2) is 0 Å². The minimum Gasteiger partial charge on any atom is -1.00 e. The first-order chi connectivity index (χ1) is 13.5. The third kappa shape index (κ3) is 10.1. The summed E-state index contributed by atoms with van der Waals surface area (Å²) in [4.78, 5) is 0. The van der Waals surface area contributed by atoms with E-state index in [-0.39, 0.29) is 57.0 Å². The van der Waals surface area contributed by atoms with Crippen LogP contribution >= 0.6 is 0 Å². The minimum absolute atomic E-state index is 0. The van der Waals surface area contributed by atoms with E-state index < -0.39 is 0 Å². The fourth-order valence-electron chi connectivity index (χ4n) is 3.74. The lowest BCUT2D eigenvalue weighted by Gasteiger charge is -2.31. The summed E-state index contributed by atoms with van der Waals surface area (Å²) < 4.78 is 1.66. The molecule has 0 aliphatic rings. The molecule has 0 bridgehead atoms. The predicted octanol–water partition coefficient (Wildman–Crippen LogP) is -2.46. The van der Waals surface area contributed by atoms with E-state index in [1.54, 1.807) is 24.3 Å². The Morgan fingerprint density at radius 3 is 1.23 bits per heavy atom. The molecule has 2 rings (SSSR count). The first-order valence-corrected chi connectivity index (χ1v) is 10.1. The largest absolute Gasteiger partial charge is 1.00 e. The van der Waals surface area contributed by atoms with Gasteiger partial charge >= 0.3 is 0 Å². The molecular formula is C23H36Br2N2O4. The van der Waals surface area contributed by atoms with Gasteiger partial charge in [-0.2, -0.15) is 0 Å². The molecule has 2 aromatic carbocycles. The average Bonchev–Trinajstić information content (AvgIpc) is 2.60. The molecule has 8 heteroatoms. The second-order valence-electron chi connectivity index (χ2n) is 9.34. The topological polar surface area (TPSA) is 80.9 Å². The van der Waals surface area contributed by atoms with Crippen molar-refractivity contribution in [2.24, 2.45) is 0 Å². The van der Waals surface area contributed by atoms with Crippen LogP contribution in [-0.2, 0) is 13.1 Å². The molecule has 0 unspecified atom stereocenters. The second kappa shape index (κ2) is 12.5. The van der Waals surface area contributed by atoms with Crippen LogP contribution in [0, 0.1) is 0 Å². The maximum Gasteiger partial charge on any atom is 0.157 e. The van der Waals surface area contributed by atoms with E-state index in [2.05, 4.69) is 28.2 Å². The SMILES string of the molecule is C[N+](C)(CCCCC[N+](C)(C)Cc1ccc(O)c(O)c1)Cc1ccc(O)c(O)c1.[Br-].[Br-]. The number of hydrogen-bond acceptors (Lipinski definition) is 4. The van der Waals surface area contributed by atoms with E-state index in [4.69, 9.17) is 0 Å². The van der Waals surface area contributed by atoms with Crippen molar-refractivity contribution in [1.29, 1.82) is 0 Å². The molecule has 0 heterocycles. The molecule has 0 aliphatic heterocycles. The highest BCUT2D eigenvalue weighted by molar-refractivity contribution is 5.40. The van der Waals surface area contributed by atoms with Gasteiger partial charge in [0.15, 0.2) is 23.0 Å². The van der Waals surface area contributed by atoms with Crippen LogP contribution in [0.5, 0.6) is 23.0 Å². The number of hydrogen-bond donors (Lipinski definition) is 4. The molecule has 0 amide bonds. The summed E-state index contributed by atoms with van der Waals surface area (Å²) in [5.74, 6) is -0.293. The Kier molecular flexibility index (Phi) is 11.9. The van der Waals surface area contributed by atoms with Crippen LogP contribution in [0.2, 0.25) is 0 Å². The van der Waals surface area contributed by atoms with E-state index in [9.17, 15) is 20.4 Å². The number of halogens is 2. The van der Waals surface area contributed by atoms with Gasteiger partial charge in [0.1, 0.15) is 13.1 Å². The molecule has 0 spiro atoms. The summed E-state index contributed by atoms with van der Waals surface area (Å²) in [6.45, 7) is 3.70. The summed E-state index contributed by atoms with van der Waals surface area (Å²) in [6.07, 6.45) is 3.39. The van der Waals surface area contributed by atoms with Gasteiger partial charge in [-0.3, -0.25) is 0 Å². The van der Waals surface area contributed by atoms with Gasteiger partial charge < -0.3 is 63.4 Å². The first kappa shape index (κ1) is 29.5. The molecule has 2 aromatic rings. The Hall–Kier alpha value is -1.48. The maximum atomic E-state index is 9.67. The molecule has 0 aliphatic carbocycles. The van der Waals surface area contributed by atoms with Crippen molar-refractivity contribution in [3.63, 3.8) is 0 Å². The molecule has 31 heavy (non-hydrogen) atoms. The number of phenols is 4. The van der Waals surface area contributed by atoms with E-state index >= 15 is 0 Å². The molecule has 0 saturated carbocycles. The van der Waals surface area contributed by atoms with Crippen molar-refractivity contribution < 1.29 is 63.4 Å². The third-order valence-electron chi connectivity index (χ3n) is 5.33. The molecule has 0 aromatic heterocycles. The Labute approximate surface area is 207 Å². The lowest BCUT2D eigenvalue weighted by Crippen LogP contribution is -3.00. The summed E-state index contributed by atoms with van der Waals surface area (Å²) in [7, 11) is 8.73. The standard InChI is InChI=1S/C23H34N2O4.2BrH/c1-24(2,16-18-8-10-20(26)22(28)14-18)12-6-5-7-13-25(3,4)17-19-9-11-21(27)23(29)15-19;;/h8-11,14-15H,5-7,12-13,16-17H2,1-4H3,(H2-2,26,27,28,29);2*1H. The zero-order chi connectivity index (χ0) is 21.7. The number of benzene rings is 2. The Morgan fingerprint density at radius 1 is 0.548 bits per heavy atom. The van der Waals surface area contributed by atoms with Gasteiger partial charge in [0.2, 0.25) is 0 Å². The van der Waals surface area contributed by atoms with Gasteiger partial charge in [-0.05, 0) is 55.7 Å².